The molecule has 10 heteroatoms. The summed E-state index contributed by atoms with van der Waals surface area (Å²) in [5.41, 5.74) is 2.02. The van der Waals surface area contributed by atoms with Gasteiger partial charge in [-0.3, -0.25) is 9.69 Å². The van der Waals surface area contributed by atoms with Crippen molar-refractivity contribution in [2.24, 2.45) is 0 Å². The first-order valence-corrected chi connectivity index (χ1v) is 14.2. The number of thiazole rings is 1. The average Bonchev–Trinajstić information content (AvgIpc) is 3.22. The molecule has 1 fully saturated rings. The van der Waals surface area contributed by atoms with Crippen molar-refractivity contribution in [2.45, 2.75) is 18.2 Å². The fraction of sp³-hybridized carbons (Fsp3) is 0.391. The number of fused-ring (bicyclic) bond motifs is 1. The molecule has 4 rings (SSSR count). The Kier molecular flexibility index (Phi) is 7.68. The van der Waals surface area contributed by atoms with Gasteiger partial charge in [-0.05, 0) is 37.3 Å². The third-order valence-electron chi connectivity index (χ3n) is 5.71. The number of anilines is 1. The van der Waals surface area contributed by atoms with Crippen LogP contribution in [0.1, 0.15) is 12.0 Å². The fourth-order valence-electron chi connectivity index (χ4n) is 3.72. The number of halogens is 1. The van der Waals surface area contributed by atoms with Crippen LogP contribution in [0.4, 0.5) is 5.13 Å². The Morgan fingerprint density at radius 2 is 1.85 bits per heavy atom. The van der Waals surface area contributed by atoms with Gasteiger partial charge in [-0.1, -0.05) is 45.0 Å². The Balaban J connectivity index is 1.17. The average molecular weight is 552 g/mol. The quantitative estimate of drug-likeness (QED) is 0.462. The van der Waals surface area contributed by atoms with Gasteiger partial charge in [0.05, 0.1) is 20.9 Å². The van der Waals surface area contributed by atoms with E-state index in [0.29, 0.717) is 6.54 Å². The van der Waals surface area contributed by atoms with Gasteiger partial charge in [0.15, 0.2) is 15.0 Å². The minimum atomic E-state index is -3.45. The van der Waals surface area contributed by atoms with Gasteiger partial charge in [-0.15, -0.1) is 0 Å². The maximum Gasteiger partial charge on any atom is 0.221 e. The van der Waals surface area contributed by atoms with Crippen LogP contribution in [0.5, 0.6) is 0 Å². The topological polar surface area (TPSA) is 82.6 Å². The van der Waals surface area contributed by atoms with Crippen LogP contribution in [0, 0.1) is 6.92 Å². The van der Waals surface area contributed by atoms with Gasteiger partial charge in [0, 0.05) is 50.2 Å². The third-order valence-corrected chi connectivity index (χ3v) is 9.01. The number of nitrogens with zero attached hydrogens (tertiary/aromatic N) is 3. The number of sulfone groups is 1. The summed E-state index contributed by atoms with van der Waals surface area (Å²) < 4.78 is 27.0. The molecule has 7 nitrogen and oxygen atoms in total. The molecule has 0 unspecified atom stereocenters. The molecule has 1 saturated heterocycles. The summed E-state index contributed by atoms with van der Waals surface area (Å²) in [5.74, 6) is -0.413. The molecule has 33 heavy (non-hydrogen) atoms. The monoisotopic (exact) mass is 550 g/mol. The Morgan fingerprint density at radius 3 is 2.58 bits per heavy atom. The van der Waals surface area contributed by atoms with Gasteiger partial charge in [0.25, 0.3) is 0 Å². The van der Waals surface area contributed by atoms with E-state index in [4.69, 9.17) is 4.98 Å². The summed E-state index contributed by atoms with van der Waals surface area (Å²) in [4.78, 5) is 21.8. The van der Waals surface area contributed by atoms with Crippen molar-refractivity contribution in [1.29, 1.82) is 0 Å². The highest BCUT2D eigenvalue weighted by atomic mass is 79.9. The minimum Gasteiger partial charge on any atom is -0.355 e. The van der Waals surface area contributed by atoms with Gasteiger partial charge < -0.3 is 10.2 Å². The summed E-state index contributed by atoms with van der Waals surface area (Å²) in [6.07, 6.45) is -0.0301. The number of hydrogen-bond acceptors (Lipinski definition) is 7. The maximum absolute atomic E-state index is 12.4. The SMILES string of the molecule is Cc1ccc(S(=O)(=O)CCC(=O)NCCN2CCN(c3nc4ccc(Br)cc4s3)CC2)cc1. The highest BCUT2D eigenvalue weighted by Gasteiger charge is 2.20. The van der Waals surface area contributed by atoms with Gasteiger partial charge in [0.1, 0.15) is 0 Å². The van der Waals surface area contributed by atoms with Crippen LogP contribution in [-0.2, 0) is 14.6 Å². The van der Waals surface area contributed by atoms with E-state index in [2.05, 4.69) is 37.1 Å². The summed E-state index contributed by atoms with van der Waals surface area (Å²) in [7, 11) is -3.45. The van der Waals surface area contributed by atoms with E-state index < -0.39 is 9.84 Å². The number of aryl methyl sites for hydroxylation is 1. The minimum absolute atomic E-state index is 0.0301. The van der Waals surface area contributed by atoms with Crippen LogP contribution in [-0.4, -0.2) is 69.2 Å². The second-order valence-corrected chi connectivity index (χ2v) is 12.2. The summed E-state index contributed by atoms with van der Waals surface area (Å²) in [6.45, 7) is 6.75. The maximum atomic E-state index is 12.4. The molecule has 2 aromatic carbocycles. The molecule has 0 atom stereocenters. The number of carbonyl (C=O) groups is 1. The number of carbonyl (C=O) groups excluding carboxylic acids is 1. The number of hydrogen-bond donors (Lipinski definition) is 1. The molecule has 1 amide bonds. The molecular weight excluding hydrogens is 524 g/mol. The molecule has 0 radical (unpaired) electrons. The van der Waals surface area contributed by atoms with E-state index >= 15 is 0 Å². The predicted molar refractivity (Wildman–Crippen MR) is 137 cm³/mol. The number of aromatic nitrogens is 1. The van der Waals surface area contributed by atoms with Crippen LogP contribution >= 0.6 is 27.3 Å². The number of rotatable bonds is 8. The normalized spacial score (nSPS) is 15.2. The van der Waals surface area contributed by atoms with Gasteiger partial charge in [0.2, 0.25) is 5.91 Å². The van der Waals surface area contributed by atoms with Crippen molar-refractivity contribution in [1.82, 2.24) is 15.2 Å². The number of benzene rings is 2. The molecule has 0 saturated carbocycles. The van der Waals surface area contributed by atoms with Crippen LogP contribution in [0.2, 0.25) is 0 Å². The van der Waals surface area contributed by atoms with E-state index in [1.807, 2.05) is 19.1 Å². The highest BCUT2D eigenvalue weighted by Crippen LogP contribution is 2.31. The molecule has 0 aliphatic carbocycles. The lowest BCUT2D eigenvalue weighted by atomic mass is 10.2. The molecule has 1 N–H and O–H groups in total. The number of nitrogens with one attached hydrogen (secondary N) is 1. The first kappa shape index (κ1) is 24.1. The lowest BCUT2D eigenvalue weighted by molar-refractivity contribution is -0.120. The highest BCUT2D eigenvalue weighted by molar-refractivity contribution is 9.10. The fourth-order valence-corrected chi connectivity index (χ4v) is 6.53. The molecule has 0 bridgehead atoms. The third kappa shape index (κ3) is 6.32. The Bertz CT molecular complexity index is 1220. The molecule has 1 aliphatic heterocycles. The van der Waals surface area contributed by atoms with E-state index in [1.165, 1.54) is 4.70 Å². The zero-order valence-corrected chi connectivity index (χ0v) is 21.7. The van der Waals surface area contributed by atoms with E-state index in [0.717, 1.165) is 53.4 Å². The molecule has 1 aromatic heterocycles. The van der Waals surface area contributed by atoms with Crippen molar-refractivity contribution in [2.75, 3.05) is 49.9 Å². The van der Waals surface area contributed by atoms with E-state index in [9.17, 15) is 13.2 Å². The number of amides is 1. The van der Waals surface area contributed by atoms with Crippen LogP contribution in [0.3, 0.4) is 0 Å². The Labute approximate surface area is 206 Å². The summed E-state index contributed by atoms with van der Waals surface area (Å²) in [6, 6.07) is 12.9. The first-order valence-electron chi connectivity index (χ1n) is 10.9. The smallest absolute Gasteiger partial charge is 0.221 e. The van der Waals surface area contributed by atoms with Crippen molar-refractivity contribution in [3.05, 3.63) is 52.5 Å². The van der Waals surface area contributed by atoms with Gasteiger partial charge in [-0.25, -0.2) is 13.4 Å². The number of piperazine rings is 1. The predicted octanol–water partition coefficient (Wildman–Crippen LogP) is 3.47. The van der Waals surface area contributed by atoms with Crippen molar-refractivity contribution < 1.29 is 13.2 Å². The molecule has 0 spiro atoms. The summed E-state index contributed by atoms with van der Waals surface area (Å²) in [5, 5.41) is 3.90. The van der Waals surface area contributed by atoms with Crippen molar-refractivity contribution >= 4 is 58.4 Å². The largest absolute Gasteiger partial charge is 0.355 e. The van der Waals surface area contributed by atoms with Crippen molar-refractivity contribution in [3.63, 3.8) is 0 Å². The molecule has 1 aliphatic rings. The van der Waals surface area contributed by atoms with E-state index in [1.54, 1.807) is 35.6 Å². The lowest BCUT2D eigenvalue weighted by Gasteiger charge is -2.34. The molecule has 176 valence electrons. The standard InChI is InChI=1S/C23H27BrN4O3S2/c1-17-2-5-19(6-3-17)33(30,31)15-8-22(29)25-9-10-27-11-13-28(14-12-27)23-26-20-7-4-18(24)16-21(20)32-23/h2-7,16H,8-15H2,1H3,(H,25,29). The van der Waals surface area contributed by atoms with E-state index in [-0.39, 0.29) is 23.0 Å². The Morgan fingerprint density at radius 1 is 1.12 bits per heavy atom. The zero-order chi connectivity index (χ0) is 23.4. The zero-order valence-electron chi connectivity index (χ0n) is 18.5. The molecular formula is C23H27BrN4O3S2. The Hall–Kier alpha value is -2.01. The van der Waals surface area contributed by atoms with Crippen LogP contribution in [0.25, 0.3) is 10.2 Å². The van der Waals surface area contributed by atoms with Gasteiger partial charge in [-0.2, -0.15) is 0 Å². The second kappa shape index (κ2) is 10.5. The lowest BCUT2D eigenvalue weighted by Crippen LogP contribution is -2.48. The van der Waals surface area contributed by atoms with Crippen molar-refractivity contribution in [3.8, 4) is 0 Å². The molecule has 3 aromatic rings. The summed E-state index contributed by atoms with van der Waals surface area (Å²) >= 11 is 5.22. The van der Waals surface area contributed by atoms with Crippen LogP contribution < -0.4 is 10.2 Å². The molecule has 2 heterocycles. The van der Waals surface area contributed by atoms with Crippen LogP contribution in [0.15, 0.2) is 51.8 Å². The van der Waals surface area contributed by atoms with Gasteiger partial charge >= 0.3 is 0 Å². The second-order valence-electron chi connectivity index (χ2n) is 8.17. The first-order chi connectivity index (χ1) is 15.8.